The number of carbonyl (C=O) groups excluding carboxylic acids is 1. The Morgan fingerprint density at radius 1 is 1.13 bits per heavy atom. The Hall–Kier alpha value is -3.52. The minimum Gasteiger partial charge on any atom is -0.494 e. The lowest BCUT2D eigenvalue weighted by atomic mass is 10.2. The van der Waals surface area contributed by atoms with Crippen molar-refractivity contribution in [1.82, 2.24) is 20.2 Å². The standard InChI is InChI=1S/C22H21N5O2S/c1-3-29-19-9-7-15(8-10-19)22-25-18(13-30-22)12-20(28)24-17-6-4-5-16(11-17)21-23-14(2)26-27-21/h4-11,13H,3,12H2,1-2H3,(H,24,28)(H,23,26,27). The Morgan fingerprint density at radius 2 is 1.97 bits per heavy atom. The number of thiazole rings is 1. The molecule has 0 atom stereocenters. The highest BCUT2D eigenvalue weighted by Gasteiger charge is 2.11. The summed E-state index contributed by atoms with van der Waals surface area (Å²) in [5.41, 5.74) is 3.28. The van der Waals surface area contributed by atoms with Crippen molar-refractivity contribution in [2.75, 3.05) is 11.9 Å². The number of nitrogens with one attached hydrogen (secondary N) is 2. The van der Waals surface area contributed by atoms with Gasteiger partial charge in [-0.2, -0.15) is 5.10 Å². The van der Waals surface area contributed by atoms with E-state index in [2.05, 4.69) is 25.5 Å². The van der Waals surface area contributed by atoms with E-state index in [1.807, 2.05) is 67.8 Å². The molecule has 7 nitrogen and oxygen atoms in total. The summed E-state index contributed by atoms with van der Waals surface area (Å²) in [6, 6.07) is 15.3. The Bertz CT molecular complexity index is 1150. The van der Waals surface area contributed by atoms with Crippen LogP contribution in [-0.2, 0) is 11.2 Å². The van der Waals surface area contributed by atoms with E-state index in [0.29, 0.717) is 18.1 Å². The molecule has 0 spiro atoms. The van der Waals surface area contributed by atoms with Gasteiger partial charge in [0.1, 0.15) is 16.6 Å². The summed E-state index contributed by atoms with van der Waals surface area (Å²) >= 11 is 1.52. The monoisotopic (exact) mass is 419 g/mol. The van der Waals surface area contributed by atoms with E-state index >= 15 is 0 Å². The molecule has 30 heavy (non-hydrogen) atoms. The highest BCUT2D eigenvalue weighted by Crippen LogP contribution is 2.26. The number of hydrogen-bond acceptors (Lipinski definition) is 6. The SMILES string of the molecule is CCOc1ccc(-c2nc(CC(=O)Nc3cccc(-c4n[nH]c(C)n4)c3)cs2)cc1. The van der Waals surface area contributed by atoms with Gasteiger partial charge in [0, 0.05) is 22.2 Å². The number of ether oxygens (including phenoxy) is 1. The third-order valence-electron chi connectivity index (χ3n) is 4.31. The second kappa shape index (κ2) is 8.87. The topological polar surface area (TPSA) is 92.8 Å². The van der Waals surface area contributed by atoms with Crippen LogP contribution in [0.5, 0.6) is 5.75 Å². The summed E-state index contributed by atoms with van der Waals surface area (Å²) in [4.78, 5) is 21.4. The van der Waals surface area contributed by atoms with Gasteiger partial charge < -0.3 is 10.1 Å². The van der Waals surface area contributed by atoms with Gasteiger partial charge in [-0.15, -0.1) is 11.3 Å². The van der Waals surface area contributed by atoms with Crippen molar-refractivity contribution >= 4 is 22.9 Å². The van der Waals surface area contributed by atoms with Crippen LogP contribution in [0.15, 0.2) is 53.9 Å². The number of H-pyrrole nitrogens is 1. The molecule has 0 aliphatic carbocycles. The quantitative estimate of drug-likeness (QED) is 0.461. The summed E-state index contributed by atoms with van der Waals surface area (Å²) in [6.07, 6.45) is 0.206. The summed E-state index contributed by atoms with van der Waals surface area (Å²) < 4.78 is 5.47. The van der Waals surface area contributed by atoms with E-state index in [4.69, 9.17) is 4.74 Å². The Kier molecular flexibility index (Phi) is 5.85. The first kappa shape index (κ1) is 19.8. The molecule has 4 rings (SSSR count). The molecule has 2 N–H and O–H groups in total. The minimum absolute atomic E-state index is 0.123. The van der Waals surface area contributed by atoms with Crippen molar-refractivity contribution in [3.8, 4) is 27.7 Å². The average molecular weight is 420 g/mol. The third kappa shape index (κ3) is 4.72. The summed E-state index contributed by atoms with van der Waals surface area (Å²) in [7, 11) is 0. The molecule has 0 aliphatic rings. The largest absolute Gasteiger partial charge is 0.494 e. The molecule has 2 heterocycles. The Balaban J connectivity index is 1.40. The summed E-state index contributed by atoms with van der Waals surface area (Å²) in [5.74, 6) is 2.05. The number of aryl methyl sites for hydroxylation is 1. The van der Waals surface area contributed by atoms with Crippen molar-refractivity contribution in [2.24, 2.45) is 0 Å². The predicted octanol–water partition coefficient (Wildman–Crippen LogP) is 4.48. The zero-order chi connectivity index (χ0) is 20.9. The Labute approximate surface area is 178 Å². The number of aromatic amines is 1. The number of anilines is 1. The number of hydrogen-bond donors (Lipinski definition) is 2. The maximum absolute atomic E-state index is 12.5. The van der Waals surface area contributed by atoms with Crippen LogP contribution in [0.1, 0.15) is 18.4 Å². The van der Waals surface area contributed by atoms with Crippen LogP contribution in [0, 0.1) is 6.92 Å². The first-order valence-corrected chi connectivity index (χ1v) is 10.5. The smallest absolute Gasteiger partial charge is 0.230 e. The van der Waals surface area contributed by atoms with Crippen molar-refractivity contribution in [2.45, 2.75) is 20.3 Å². The van der Waals surface area contributed by atoms with E-state index in [9.17, 15) is 4.79 Å². The molecule has 152 valence electrons. The highest BCUT2D eigenvalue weighted by atomic mass is 32.1. The molecule has 0 unspecified atom stereocenters. The van der Waals surface area contributed by atoms with Gasteiger partial charge in [-0.1, -0.05) is 12.1 Å². The molecule has 2 aromatic heterocycles. The zero-order valence-corrected chi connectivity index (χ0v) is 17.5. The highest BCUT2D eigenvalue weighted by molar-refractivity contribution is 7.13. The van der Waals surface area contributed by atoms with Crippen molar-refractivity contribution in [3.05, 3.63) is 65.4 Å². The van der Waals surface area contributed by atoms with Crippen LogP contribution in [0.2, 0.25) is 0 Å². The van der Waals surface area contributed by atoms with Gasteiger partial charge in [-0.25, -0.2) is 9.97 Å². The number of rotatable bonds is 7. The summed E-state index contributed by atoms with van der Waals surface area (Å²) in [6.45, 7) is 4.44. The molecule has 2 aromatic carbocycles. The molecule has 4 aromatic rings. The van der Waals surface area contributed by atoms with E-state index in [-0.39, 0.29) is 12.3 Å². The third-order valence-corrected chi connectivity index (χ3v) is 5.25. The fourth-order valence-electron chi connectivity index (χ4n) is 2.96. The van der Waals surface area contributed by atoms with E-state index in [1.165, 1.54) is 11.3 Å². The average Bonchev–Trinajstić information content (AvgIpc) is 3.38. The van der Waals surface area contributed by atoms with Crippen LogP contribution < -0.4 is 10.1 Å². The number of carbonyl (C=O) groups is 1. The molecule has 0 radical (unpaired) electrons. The molecule has 8 heteroatoms. The number of nitrogens with zero attached hydrogens (tertiary/aromatic N) is 3. The van der Waals surface area contributed by atoms with Crippen LogP contribution in [0.25, 0.3) is 22.0 Å². The van der Waals surface area contributed by atoms with Gasteiger partial charge in [0.25, 0.3) is 0 Å². The molecular formula is C22H21N5O2S. The van der Waals surface area contributed by atoms with Crippen molar-refractivity contribution in [3.63, 3.8) is 0 Å². The predicted molar refractivity (Wildman–Crippen MR) is 118 cm³/mol. The molecule has 0 saturated carbocycles. The first-order chi connectivity index (χ1) is 14.6. The molecule has 0 fully saturated rings. The van der Waals surface area contributed by atoms with Crippen LogP contribution in [0.3, 0.4) is 0 Å². The van der Waals surface area contributed by atoms with Crippen molar-refractivity contribution < 1.29 is 9.53 Å². The maximum Gasteiger partial charge on any atom is 0.230 e. The first-order valence-electron chi connectivity index (χ1n) is 9.57. The van der Waals surface area contributed by atoms with E-state index in [0.717, 1.165) is 33.4 Å². The normalized spacial score (nSPS) is 10.7. The van der Waals surface area contributed by atoms with Gasteiger partial charge in [-0.05, 0) is 50.2 Å². The second-order valence-electron chi connectivity index (χ2n) is 6.65. The fourth-order valence-corrected chi connectivity index (χ4v) is 3.78. The number of benzene rings is 2. The van der Waals surface area contributed by atoms with Gasteiger partial charge in [-0.3, -0.25) is 9.89 Å². The van der Waals surface area contributed by atoms with Crippen LogP contribution in [0.4, 0.5) is 5.69 Å². The van der Waals surface area contributed by atoms with E-state index in [1.54, 1.807) is 0 Å². The molecule has 0 bridgehead atoms. The van der Waals surface area contributed by atoms with Gasteiger partial charge in [0.05, 0.1) is 18.7 Å². The van der Waals surface area contributed by atoms with Crippen molar-refractivity contribution in [1.29, 1.82) is 0 Å². The lowest BCUT2D eigenvalue weighted by Gasteiger charge is -2.05. The lowest BCUT2D eigenvalue weighted by Crippen LogP contribution is -2.14. The molecule has 1 amide bonds. The lowest BCUT2D eigenvalue weighted by molar-refractivity contribution is -0.115. The second-order valence-corrected chi connectivity index (χ2v) is 7.51. The molecule has 0 saturated heterocycles. The van der Waals surface area contributed by atoms with Crippen LogP contribution >= 0.6 is 11.3 Å². The van der Waals surface area contributed by atoms with Crippen LogP contribution in [-0.4, -0.2) is 32.7 Å². The zero-order valence-electron chi connectivity index (χ0n) is 16.7. The fraction of sp³-hybridized carbons (Fsp3) is 0.182. The number of aromatic nitrogens is 4. The van der Waals surface area contributed by atoms with Gasteiger partial charge >= 0.3 is 0 Å². The minimum atomic E-state index is -0.123. The Morgan fingerprint density at radius 3 is 2.70 bits per heavy atom. The maximum atomic E-state index is 12.5. The van der Waals surface area contributed by atoms with Gasteiger partial charge in [0.2, 0.25) is 5.91 Å². The molecule has 0 aliphatic heterocycles. The molecular weight excluding hydrogens is 398 g/mol. The summed E-state index contributed by atoms with van der Waals surface area (Å²) in [5, 5.41) is 12.7. The van der Waals surface area contributed by atoms with Gasteiger partial charge in [0.15, 0.2) is 5.82 Å². The van der Waals surface area contributed by atoms with E-state index < -0.39 is 0 Å². The number of amides is 1.